The SMILES string of the molecule is Cc1ccc(N=CN(C)C=NC2CCCC2)c(C)c1. The average molecular weight is 257 g/mol. The average Bonchev–Trinajstić information content (AvgIpc) is 2.88. The Bertz CT molecular complexity index is 471. The highest BCUT2D eigenvalue weighted by Crippen LogP contribution is 2.20. The summed E-state index contributed by atoms with van der Waals surface area (Å²) in [6.07, 6.45) is 8.83. The summed E-state index contributed by atoms with van der Waals surface area (Å²) in [7, 11) is 1.98. The fourth-order valence-electron chi connectivity index (χ4n) is 2.39. The Morgan fingerprint density at radius 1 is 1.16 bits per heavy atom. The van der Waals surface area contributed by atoms with E-state index in [2.05, 4.69) is 42.0 Å². The molecular formula is C16H23N3. The van der Waals surface area contributed by atoms with Gasteiger partial charge in [0.2, 0.25) is 0 Å². The molecule has 0 saturated heterocycles. The first-order chi connectivity index (χ1) is 9.15. The van der Waals surface area contributed by atoms with Gasteiger partial charge in [-0.25, -0.2) is 4.99 Å². The zero-order valence-corrected chi connectivity index (χ0v) is 12.1. The molecule has 0 amide bonds. The quantitative estimate of drug-likeness (QED) is 0.594. The van der Waals surface area contributed by atoms with Crippen LogP contribution in [0.4, 0.5) is 5.69 Å². The van der Waals surface area contributed by atoms with E-state index in [-0.39, 0.29) is 0 Å². The van der Waals surface area contributed by atoms with E-state index in [0.29, 0.717) is 6.04 Å². The van der Waals surface area contributed by atoms with Crippen LogP contribution in [0, 0.1) is 13.8 Å². The van der Waals surface area contributed by atoms with Crippen LogP contribution in [0.2, 0.25) is 0 Å². The summed E-state index contributed by atoms with van der Waals surface area (Å²) in [5.74, 6) is 0. The van der Waals surface area contributed by atoms with Gasteiger partial charge in [-0.05, 0) is 38.3 Å². The van der Waals surface area contributed by atoms with Crippen molar-refractivity contribution >= 4 is 18.4 Å². The Labute approximate surface area is 116 Å². The second kappa shape index (κ2) is 6.50. The van der Waals surface area contributed by atoms with Crippen molar-refractivity contribution in [1.29, 1.82) is 0 Å². The van der Waals surface area contributed by atoms with Crippen LogP contribution in [-0.4, -0.2) is 30.7 Å². The molecule has 0 unspecified atom stereocenters. The Hall–Kier alpha value is -1.64. The highest BCUT2D eigenvalue weighted by molar-refractivity contribution is 5.77. The Kier molecular flexibility index (Phi) is 4.72. The maximum atomic E-state index is 4.58. The van der Waals surface area contributed by atoms with E-state index in [1.807, 2.05) is 24.6 Å². The van der Waals surface area contributed by atoms with Crippen LogP contribution < -0.4 is 0 Å². The molecule has 1 saturated carbocycles. The van der Waals surface area contributed by atoms with E-state index in [1.54, 1.807) is 0 Å². The monoisotopic (exact) mass is 257 g/mol. The molecule has 0 radical (unpaired) electrons. The number of aryl methyl sites for hydroxylation is 2. The first-order valence-corrected chi connectivity index (χ1v) is 7.02. The van der Waals surface area contributed by atoms with Gasteiger partial charge in [0.15, 0.2) is 0 Å². The fraction of sp³-hybridized carbons (Fsp3) is 0.500. The Morgan fingerprint density at radius 2 is 1.89 bits per heavy atom. The van der Waals surface area contributed by atoms with Gasteiger partial charge in [-0.1, -0.05) is 30.5 Å². The van der Waals surface area contributed by atoms with Gasteiger partial charge in [0, 0.05) is 7.05 Å². The number of benzene rings is 1. The minimum atomic E-state index is 0.525. The van der Waals surface area contributed by atoms with Crippen LogP contribution in [0.25, 0.3) is 0 Å². The molecule has 1 aliphatic rings. The van der Waals surface area contributed by atoms with E-state index in [0.717, 1.165) is 5.69 Å². The van der Waals surface area contributed by atoms with Gasteiger partial charge < -0.3 is 4.90 Å². The summed E-state index contributed by atoms with van der Waals surface area (Å²) >= 11 is 0. The molecule has 1 aromatic rings. The maximum absolute atomic E-state index is 4.58. The predicted molar refractivity (Wildman–Crippen MR) is 82.6 cm³/mol. The Morgan fingerprint density at radius 3 is 2.58 bits per heavy atom. The summed E-state index contributed by atoms with van der Waals surface area (Å²) in [6.45, 7) is 4.19. The molecule has 0 aromatic heterocycles. The van der Waals surface area contributed by atoms with Gasteiger partial charge in [-0.15, -0.1) is 0 Å². The van der Waals surface area contributed by atoms with Crippen LogP contribution in [0.3, 0.4) is 0 Å². The van der Waals surface area contributed by atoms with Crippen LogP contribution in [0.1, 0.15) is 36.8 Å². The van der Waals surface area contributed by atoms with Crippen molar-refractivity contribution in [3.63, 3.8) is 0 Å². The van der Waals surface area contributed by atoms with Crippen molar-refractivity contribution in [2.75, 3.05) is 7.05 Å². The fourth-order valence-corrected chi connectivity index (χ4v) is 2.39. The summed E-state index contributed by atoms with van der Waals surface area (Å²) in [6, 6.07) is 6.83. The van der Waals surface area contributed by atoms with Crippen molar-refractivity contribution < 1.29 is 0 Å². The number of aliphatic imine (C=N–C) groups is 2. The van der Waals surface area contributed by atoms with E-state index in [1.165, 1.54) is 36.8 Å². The lowest BCUT2D eigenvalue weighted by Gasteiger charge is -2.08. The third-order valence-corrected chi connectivity index (χ3v) is 3.52. The largest absolute Gasteiger partial charge is 0.327 e. The molecule has 0 spiro atoms. The molecule has 0 bridgehead atoms. The number of rotatable bonds is 4. The van der Waals surface area contributed by atoms with E-state index < -0.39 is 0 Å². The second-order valence-electron chi connectivity index (χ2n) is 5.40. The van der Waals surface area contributed by atoms with Crippen LogP contribution in [0.5, 0.6) is 0 Å². The Balaban J connectivity index is 1.93. The molecule has 0 atom stereocenters. The van der Waals surface area contributed by atoms with Crippen LogP contribution >= 0.6 is 0 Å². The highest BCUT2D eigenvalue weighted by atomic mass is 15.1. The molecule has 3 heteroatoms. The summed E-state index contributed by atoms with van der Waals surface area (Å²) in [5.41, 5.74) is 3.50. The minimum Gasteiger partial charge on any atom is -0.327 e. The first kappa shape index (κ1) is 13.8. The van der Waals surface area contributed by atoms with Crippen LogP contribution in [0.15, 0.2) is 28.2 Å². The van der Waals surface area contributed by atoms with Crippen molar-refractivity contribution in [2.45, 2.75) is 45.6 Å². The van der Waals surface area contributed by atoms with E-state index >= 15 is 0 Å². The topological polar surface area (TPSA) is 28.0 Å². The van der Waals surface area contributed by atoms with Gasteiger partial charge in [0.1, 0.15) is 0 Å². The lowest BCUT2D eigenvalue weighted by molar-refractivity contribution is 0.688. The molecule has 1 fully saturated rings. The molecule has 0 heterocycles. The third kappa shape index (κ3) is 4.19. The van der Waals surface area contributed by atoms with Gasteiger partial charge in [-0.3, -0.25) is 4.99 Å². The lowest BCUT2D eigenvalue weighted by Crippen LogP contribution is -2.14. The minimum absolute atomic E-state index is 0.525. The number of hydrogen-bond acceptors (Lipinski definition) is 2. The summed E-state index contributed by atoms with van der Waals surface area (Å²) in [4.78, 5) is 11.0. The zero-order chi connectivity index (χ0) is 13.7. The van der Waals surface area contributed by atoms with Gasteiger partial charge in [0.05, 0.1) is 24.4 Å². The number of nitrogens with zero attached hydrogens (tertiary/aromatic N) is 3. The molecule has 2 rings (SSSR count). The van der Waals surface area contributed by atoms with Gasteiger partial charge >= 0.3 is 0 Å². The van der Waals surface area contributed by atoms with Crippen molar-refractivity contribution in [2.24, 2.45) is 9.98 Å². The van der Waals surface area contributed by atoms with Gasteiger partial charge in [0.25, 0.3) is 0 Å². The van der Waals surface area contributed by atoms with E-state index in [4.69, 9.17) is 0 Å². The molecule has 102 valence electrons. The zero-order valence-electron chi connectivity index (χ0n) is 12.1. The summed E-state index contributed by atoms with van der Waals surface area (Å²) < 4.78 is 0. The molecule has 1 aliphatic carbocycles. The standard InChI is InChI=1S/C16H23N3/c1-13-8-9-16(14(2)10-13)18-12-19(3)11-17-15-6-4-5-7-15/h8-12,15H,4-7H2,1-3H3. The first-order valence-electron chi connectivity index (χ1n) is 7.02. The van der Waals surface area contributed by atoms with Gasteiger partial charge in [-0.2, -0.15) is 0 Å². The van der Waals surface area contributed by atoms with Crippen molar-refractivity contribution in [3.8, 4) is 0 Å². The van der Waals surface area contributed by atoms with Crippen LogP contribution in [-0.2, 0) is 0 Å². The van der Waals surface area contributed by atoms with Crippen molar-refractivity contribution in [1.82, 2.24) is 4.90 Å². The lowest BCUT2D eigenvalue weighted by atomic mass is 10.1. The van der Waals surface area contributed by atoms with Crippen molar-refractivity contribution in [3.05, 3.63) is 29.3 Å². The van der Waals surface area contributed by atoms with E-state index in [9.17, 15) is 0 Å². The third-order valence-electron chi connectivity index (χ3n) is 3.52. The normalized spacial score (nSPS) is 16.8. The molecule has 0 aliphatic heterocycles. The maximum Gasteiger partial charge on any atom is 0.0961 e. The molecule has 0 N–H and O–H groups in total. The molecule has 1 aromatic carbocycles. The summed E-state index contributed by atoms with van der Waals surface area (Å²) in [5, 5.41) is 0. The molecule has 3 nitrogen and oxygen atoms in total. The molecular weight excluding hydrogens is 234 g/mol. The highest BCUT2D eigenvalue weighted by Gasteiger charge is 2.12. The number of hydrogen-bond donors (Lipinski definition) is 0. The predicted octanol–water partition coefficient (Wildman–Crippen LogP) is 3.87. The second-order valence-corrected chi connectivity index (χ2v) is 5.40. The smallest absolute Gasteiger partial charge is 0.0961 e. The molecule has 19 heavy (non-hydrogen) atoms.